The van der Waals surface area contributed by atoms with Gasteiger partial charge in [-0.25, -0.2) is 8.78 Å². The van der Waals surface area contributed by atoms with Gasteiger partial charge in [0.2, 0.25) is 0 Å². The summed E-state index contributed by atoms with van der Waals surface area (Å²) in [5.41, 5.74) is 3.13. The molecule has 1 aliphatic heterocycles. The van der Waals surface area contributed by atoms with Crippen LogP contribution in [0.1, 0.15) is 23.6 Å². The van der Waals surface area contributed by atoms with Gasteiger partial charge >= 0.3 is 11.8 Å². The molecule has 1 aliphatic rings. The lowest BCUT2D eigenvalue weighted by molar-refractivity contribution is -0.136. The van der Waals surface area contributed by atoms with Crippen molar-refractivity contribution in [3.05, 3.63) is 59.2 Å². The van der Waals surface area contributed by atoms with E-state index in [9.17, 15) is 18.4 Å². The van der Waals surface area contributed by atoms with E-state index in [4.69, 9.17) is 0 Å². The maximum Gasteiger partial charge on any atom is 0.313 e. The van der Waals surface area contributed by atoms with Crippen molar-refractivity contribution < 1.29 is 18.4 Å². The van der Waals surface area contributed by atoms with Crippen molar-refractivity contribution in [2.45, 2.75) is 18.9 Å². The lowest BCUT2D eigenvalue weighted by Crippen LogP contribution is -2.40. The lowest BCUT2D eigenvalue weighted by atomic mass is 9.96. The summed E-state index contributed by atoms with van der Waals surface area (Å²) < 4.78 is 26.9. The van der Waals surface area contributed by atoms with Crippen LogP contribution in [0.2, 0.25) is 0 Å². The number of anilines is 2. The summed E-state index contributed by atoms with van der Waals surface area (Å²) in [6.07, 6.45) is 2.09. The molecule has 0 bridgehead atoms. The molecule has 0 aliphatic carbocycles. The minimum atomic E-state index is -1.05. The number of fused-ring (bicyclic) bond motifs is 1. The summed E-state index contributed by atoms with van der Waals surface area (Å²) in [6.45, 7) is 1.22. The molecule has 2 amide bonds. The zero-order valence-electron chi connectivity index (χ0n) is 17.3. The fourth-order valence-corrected chi connectivity index (χ4v) is 3.65. The molecule has 0 saturated heterocycles. The van der Waals surface area contributed by atoms with Gasteiger partial charge in [-0.3, -0.25) is 9.59 Å². The van der Waals surface area contributed by atoms with Gasteiger partial charge in [0, 0.05) is 31.9 Å². The second kappa shape index (κ2) is 9.21. The molecule has 8 heteroatoms. The Morgan fingerprint density at radius 2 is 1.90 bits per heavy atom. The van der Waals surface area contributed by atoms with Crippen LogP contribution in [0.25, 0.3) is 0 Å². The number of hydrogen-bond acceptors (Lipinski definition) is 4. The van der Waals surface area contributed by atoms with Crippen molar-refractivity contribution in [3.63, 3.8) is 0 Å². The minimum absolute atomic E-state index is 0.148. The molecular formula is C22H26F2N4O2. The molecule has 0 saturated carbocycles. The molecule has 0 aromatic heterocycles. The van der Waals surface area contributed by atoms with Crippen molar-refractivity contribution >= 4 is 23.2 Å². The summed E-state index contributed by atoms with van der Waals surface area (Å²) in [5, 5.41) is 4.69. The Hall–Kier alpha value is -3.00. The number of benzene rings is 2. The average Bonchev–Trinajstić information content (AvgIpc) is 2.70. The van der Waals surface area contributed by atoms with Crippen molar-refractivity contribution in [1.29, 1.82) is 0 Å². The average molecular weight is 416 g/mol. The molecule has 0 unspecified atom stereocenters. The third kappa shape index (κ3) is 4.94. The molecular weight excluding hydrogens is 390 g/mol. The number of amides is 2. The number of carbonyl (C=O) groups is 2. The van der Waals surface area contributed by atoms with Crippen LogP contribution in [0.15, 0.2) is 36.4 Å². The normalized spacial score (nSPS) is 14.3. The van der Waals surface area contributed by atoms with Crippen LogP contribution in [0.4, 0.5) is 20.2 Å². The third-order valence-corrected chi connectivity index (χ3v) is 5.30. The van der Waals surface area contributed by atoms with Gasteiger partial charge in [0.05, 0.1) is 11.7 Å². The number of hydrogen-bond donors (Lipinski definition) is 2. The fourth-order valence-electron chi connectivity index (χ4n) is 3.65. The first kappa shape index (κ1) is 21.7. The molecule has 2 aromatic rings. The van der Waals surface area contributed by atoms with Crippen molar-refractivity contribution in [2.24, 2.45) is 0 Å². The SMILES string of the molecule is CN1CCCc2cc([C@@H](CNC(=O)C(=O)Nc3cc(F)ccc3F)N(C)C)ccc21. The molecule has 2 N–H and O–H groups in total. The second-order valence-corrected chi connectivity index (χ2v) is 7.68. The van der Waals surface area contributed by atoms with Gasteiger partial charge < -0.3 is 20.4 Å². The first-order chi connectivity index (χ1) is 14.3. The first-order valence-corrected chi connectivity index (χ1v) is 9.81. The predicted octanol–water partition coefficient (Wildman–Crippen LogP) is 2.70. The Balaban J connectivity index is 1.66. The Bertz CT molecular complexity index is 949. The van der Waals surface area contributed by atoms with Crippen LogP contribution in [0.3, 0.4) is 0 Å². The predicted molar refractivity (Wildman–Crippen MR) is 112 cm³/mol. The minimum Gasteiger partial charge on any atom is -0.374 e. The van der Waals surface area contributed by atoms with Crippen molar-refractivity contribution in [2.75, 3.05) is 44.4 Å². The highest BCUT2D eigenvalue weighted by atomic mass is 19.1. The maximum atomic E-state index is 13.7. The zero-order valence-corrected chi connectivity index (χ0v) is 17.3. The van der Waals surface area contributed by atoms with Gasteiger partial charge in [-0.1, -0.05) is 12.1 Å². The zero-order chi connectivity index (χ0) is 21.8. The topological polar surface area (TPSA) is 64.7 Å². The van der Waals surface area contributed by atoms with Gasteiger partial charge in [0.15, 0.2) is 0 Å². The number of nitrogens with one attached hydrogen (secondary N) is 2. The summed E-state index contributed by atoms with van der Waals surface area (Å²) in [5.74, 6) is -3.49. The van der Waals surface area contributed by atoms with E-state index in [0.29, 0.717) is 0 Å². The summed E-state index contributed by atoms with van der Waals surface area (Å²) in [7, 11) is 5.86. The Morgan fingerprint density at radius 1 is 1.13 bits per heavy atom. The fraction of sp³-hybridized carbons (Fsp3) is 0.364. The number of aryl methyl sites for hydroxylation is 1. The Kier molecular flexibility index (Phi) is 6.66. The molecule has 0 spiro atoms. The van der Waals surface area contributed by atoms with Crippen molar-refractivity contribution in [3.8, 4) is 0 Å². The van der Waals surface area contributed by atoms with E-state index < -0.39 is 23.4 Å². The Morgan fingerprint density at radius 3 is 2.63 bits per heavy atom. The van der Waals surface area contributed by atoms with E-state index in [-0.39, 0.29) is 18.3 Å². The van der Waals surface area contributed by atoms with Gasteiger partial charge in [0.1, 0.15) is 11.6 Å². The van der Waals surface area contributed by atoms with Gasteiger partial charge in [-0.2, -0.15) is 0 Å². The molecule has 2 aromatic carbocycles. The van der Waals surface area contributed by atoms with Gasteiger partial charge in [0.25, 0.3) is 0 Å². The molecule has 1 heterocycles. The monoisotopic (exact) mass is 416 g/mol. The quantitative estimate of drug-likeness (QED) is 0.736. The van der Waals surface area contributed by atoms with Crippen LogP contribution < -0.4 is 15.5 Å². The highest BCUT2D eigenvalue weighted by Crippen LogP contribution is 2.29. The molecule has 30 heavy (non-hydrogen) atoms. The summed E-state index contributed by atoms with van der Waals surface area (Å²) >= 11 is 0. The van der Waals surface area contributed by atoms with Gasteiger partial charge in [-0.05, 0) is 56.3 Å². The largest absolute Gasteiger partial charge is 0.374 e. The van der Waals surface area contributed by atoms with E-state index >= 15 is 0 Å². The third-order valence-electron chi connectivity index (χ3n) is 5.30. The van der Waals surface area contributed by atoms with E-state index in [1.54, 1.807) is 0 Å². The van der Waals surface area contributed by atoms with Crippen LogP contribution in [0.5, 0.6) is 0 Å². The van der Waals surface area contributed by atoms with Gasteiger partial charge in [-0.15, -0.1) is 0 Å². The first-order valence-electron chi connectivity index (χ1n) is 9.81. The molecule has 6 nitrogen and oxygen atoms in total. The van der Waals surface area contributed by atoms with E-state index in [1.165, 1.54) is 11.3 Å². The highest BCUT2D eigenvalue weighted by Gasteiger charge is 2.22. The molecule has 160 valence electrons. The summed E-state index contributed by atoms with van der Waals surface area (Å²) in [4.78, 5) is 28.5. The maximum absolute atomic E-state index is 13.7. The van der Waals surface area contributed by atoms with Crippen LogP contribution in [0, 0.1) is 11.6 Å². The lowest BCUT2D eigenvalue weighted by Gasteiger charge is -2.30. The number of likely N-dealkylation sites (N-methyl/N-ethyl adjacent to an activating group) is 1. The highest BCUT2D eigenvalue weighted by molar-refractivity contribution is 6.39. The van der Waals surface area contributed by atoms with Crippen molar-refractivity contribution in [1.82, 2.24) is 10.2 Å². The number of rotatable bonds is 5. The number of carbonyl (C=O) groups excluding carboxylic acids is 2. The van der Waals surface area contributed by atoms with Crippen LogP contribution in [-0.4, -0.2) is 50.9 Å². The smallest absolute Gasteiger partial charge is 0.313 e. The van der Waals surface area contributed by atoms with Crippen LogP contribution in [-0.2, 0) is 16.0 Å². The van der Waals surface area contributed by atoms with E-state index in [0.717, 1.165) is 43.1 Å². The van der Waals surface area contributed by atoms with E-state index in [2.05, 4.69) is 34.7 Å². The molecule has 0 radical (unpaired) electrons. The van der Waals surface area contributed by atoms with E-state index in [1.807, 2.05) is 25.1 Å². The number of nitrogens with zero attached hydrogens (tertiary/aromatic N) is 2. The number of halogens is 2. The molecule has 0 fully saturated rings. The molecule has 1 atom stereocenters. The second-order valence-electron chi connectivity index (χ2n) is 7.68. The van der Waals surface area contributed by atoms with Crippen LogP contribution >= 0.6 is 0 Å². The Labute approximate surface area is 174 Å². The standard InChI is InChI=1S/C22H26F2N4O2/c1-27(2)20(15-6-9-19-14(11-15)5-4-10-28(19)3)13-25-21(29)22(30)26-18-12-16(23)7-8-17(18)24/h6-9,11-12,20H,4-5,10,13H2,1-3H3,(H,25,29)(H,26,30)/t20-/m1/s1. The summed E-state index contributed by atoms with van der Waals surface area (Å²) in [6, 6.07) is 8.75. The molecule has 3 rings (SSSR count).